The van der Waals surface area contributed by atoms with Crippen molar-refractivity contribution in [3.8, 4) is 0 Å². The lowest BCUT2D eigenvalue weighted by atomic mass is 9.99. The van der Waals surface area contributed by atoms with Crippen LogP contribution in [-0.2, 0) is 9.53 Å². The van der Waals surface area contributed by atoms with Gasteiger partial charge in [-0.1, -0.05) is 32.8 Å². The normalized spacial score (nSPS) is 13.9. The smallest absolute Gasteiger partial charge is 0.340 e. The molecule has 0 spiro atoms. The fourth-order valence-corrected chi connectivity index (χ4v) is 1.49. The molecule has 0 bridgehead atoms. The Bertz CT molecular complexity index is 318. The van der Waals surface area contributed by atoms with E-state index in [-0.39, 0.29) is 6.42 Å². The van der Waals surface area contributed by atoms with Gasteiger partial charge in [0.25, 0.3) is 0 Å². The zero-order valence-electron chi connectivity index (χ0n) is 11.3. The molecule has 1 unspecified atom stereocenters. The fraction of sp³-hybridized carbons (Fsp3) is 0.769. The van der Waals surface area contributed by atoms with Gasteiger partial charge in [0.2, 0.25) is 0 Å². The van der Waals surface area contributed by atoms with E-state index in [4.69, 9.17) is 0 Å². The number of unbranched alkanes of at least 4 members (excludes halogenated alkanes) is 2. The van der Waals surface area contributed by atoms with Crippen molar-refractivity contribution < 1.29 is 31.5 Å². The highest BCUT2D eigenvalue weighted by Gasteiger charge is 2.60. The summed E-state index contributed by atoms with van der Waals surface area (Å²) >= 11 is 0. The molecular weight excluding hydrogens is 283 g/mol. The van der Waals surface area contributed by atoms with E-state index in [1.165, 1.54) is 0 Å². The number of carbonyl (C=O) groups is 1. The zero-order valence-corrected chi connectivity index (χ0v) is 11.3. The Labute approximate surface area is 115 Å². The molecule has 0 aromatic rings. The zero-order chi connectivity index (χ0) is 15.8. The van der Waals surface area contributed by atoms with Gasteiger partial charge < -0.3 is 4.74 Å². The van der Waals surface area contributed by atoms with Gasteiger partial charge in [0.15, 0.2) is 6.17 Å². The van der Waals surface area contributed by atoms with Gasteiger partial charge in [0.05, 0.1) is 13.0 Å². The van der Waals surface area contributed by atoms with Gasteiger partial charge in [-0.05, 0) is 6.42 Å². The summed E-state index contributed by atoms with van der Waals surface area (Å²) in [7, 11) is 0. The summed E-state index contributed by atoms with van der Waals surface area (Å²) in [4.78, 5) is 10.6. The molecule has 118 valence electrons. The van der Waals surface area contributed by atoms with Crippen molar-refractivity contribution in [1.82, 2.24) is 0 Å². The van der Waals surface area contributed by atoms with E-state index in [9.17, 15) is 26.7 Å². The number of ether oxygens (including phenoxy) is 1. The third-order valence-corrected chi connectivity index (χ3v) is 2.77. The molecule has 0 aromatic heterocycles. The predicted octanol–water partition coefficient (Wildman–Crippen LogP) is 4.29. The second-order valence-electron chi connectivity index (χ2n) is 4.41. The molecule has 0 heterocycles. The summed E-state index contributed by atoms with van der Waals surface area (Å²) in [5, 5.41) is 0. The minimum atomic E-state index is -4.78. The van der Waals surface area contributed by atoms with Crippen molar-refractivity contribution in [2.24, 2.45) is 0 Å². The Morgan fingerprint density at radius 2 is 1.90 bits per heavy atom. The average Bonchev–Trinajstić information content (AvgIpc) is 2.38. The molecule has 0 aliphatic carbocycles. The number of hydrogen-bond donors (Lipinski definition) is 0. The van der Waals surface area contributed by atoms with Crippen LogP contribution in [0.1, 0.15) is 39.0 Å². The van der Waals surface area contributed by atoms with Gasteiger partial charge in [-0.2, -0.15) is 17.6 Å². The molecule has 2 nitrogen and oxygen atoms in total. The summed E-state index contributed by atoms with van der Waals surface area (Å²) in [6, 6.07) is 0. The number of esters is 1. The molecule has 0 amide bonds. The van der Waals surface area contributed by atoms with Crippen LogP contribution >= 0.6 is 0 Å². The van der Waals surface area contributed by atoms with Crippen LogP contribution in [0.4, 0.5) is 22.0 Å². The van der Waals surface area contributed by atoms with Crippen LogP contribution in [0.25, 0.3) is 0 Å². The Balaban J connectivity index is 4.45. The van der Waals surface area contributed by atoms with Crippen LogP contribution in [0.15, 0.2) is 12.7 Å². The maximum absolute atomic E-state index is 13.3. The first-order valence-corrected chi connectivity index (χ1v) is 6.38. The van der Waals surface area contributed by atoms with Crippen LogP contribution in [0, 0.1) is 0 Å². The molecule has 0 saturated carbocycles. The molecule has 7 heteroatoms. The van der Waals surface area contributed by atoms with Crippen molar-refractivity contribution >= 4 is 5.97 Å². The van der Waals surface area contributed by atoms with Crippen molar-refractivity contribution in [1.29, 1.82) is 0 Å². The number of hydrogen-bond acceptors (Lipinski definition) is 2. The topological polar surface area (TPSA) is 26.3 Å². The first-order valence-electron chi connectivity index (χ1n) is 6.38. The molecule has 0 rings (SSSR count). The van der Waals surface area contributed by atoms with E-state index in [0.29, 0.717) is 12.8 Å². The molecule has 0 fully saturated rings. The number of carbonyl (C=O) groups excluding carboxylic acids is 1. The summed E-state index contributed by atoms with van der Waals surface area (Å²) < 4.78 is 70.8. The van der Waals surface area contributed by atoms with Gasteiger partial charge in [-0.25, -0.2) is 9.18 Å². The van der Waals surface area contributed by atoms with Crippen LogP contribution in [0.2, 0.25) is 0 Å². The summed E-state index contributed by atoms with van der Waals surface area (Å²) in [6.07, 6.45) is -2.96. The SMILES string of the molecule is C=CC(=O)OCCC(F)(F)C(F)(F)C(F)CCCCC. The van der Waals surface area contributed by atoms with E-state index in [1.54, 1.807) is 6.92 Å². The Hall–Kier alpha value is -1.14. The molecule has 0 aliphatic heterocycles. The summed E-state index contributed by atoms with van der Waals surface area (Å²) in [6.45, 7) is 3.89. The highest BCUT2D eigenvalue weighted by Crippen LogP contribution is 2.42. The lowest BCUT2D eigenvalue weighted by molar-refractivity contribution is -0.245. The average molecular weight is 302 g/mol. The van der Waals surface area contributed by atoms with E-state index >= 15 is 0 Å². The van der Waals surface area contributed by atoms with Crippen LogP contribution in [-0.4, -0.2) is 30.6 Å². The maximum Gasteiger partial charge on any atom is 0.340 e. The van der Waals surface area contributed by atoms with Gasteiger partial charge in [0.1, 0.15) is 0 Å². The van der Waals surface area contributed by atoms with E-state index < -0.39 is 43.4 Å². The van der Waals surface area contributed by atoms with Gasteiger partial charge in [-0.15, -0.1) is 0 Å². The standard InChI is InChI=1S/C13H19F5O2/c1-3-5-6-7-10(14)13(17,18)12(15,16)8-9-20-11(19)4-2/h4,10H,2-3,5-9H2,1H3. The Morgan fingerprint density at radius 3 is 2.40 bits per heavy atom. The van der Waals surface area contributed by atoms with Gasteiger partial charge in [-0.3, -0.25) is 0 Å². The van der Waals surface area contributed by atoms with Crippen LogP contribution < -0.4 is 0 Å². The quantitative estimate of drug-likeness (QED) is 0.260. The molecule has 1 atom stereocenters. The van der Waals surface area contributed by atoms with Crippen molar-refractivity contribution in [3.63, 3.8) is 0 Å². The Kier molecular flexibility index (Phi) is 7.75. The van der Waals surface area contributed by atoms with E-state index in [2.05, 4.69) is 11.3 Å². The monoisotopic (exact) mass is 302 g/mol. The molecule has 0 aliphatic rings. The molecule has 0 saturated heterocycles. The third kappa shape index (κ3) is 5.46. The number of halogens is 5. The number of rotatable bonds is 10. The lowest BCUT2D eigenvalue weighted by Crippen LogP contribution is -2.48. The molecular formula is C13H19F5O2. The summed E-state index contributed by atoms with van der Waals surface area (Å²) in [5.41, 5.74) is 0. The maximum atomic E-state index is 13.3. The first-order chi connectivity index (χ1) is 9.19. The molecule has 0 radical (unpaired) electrons. The second-order valence-corrected chi connectivity index (χ2v) is 4.41. The summed E-state index contributed by atoms with van der Waals surface area (Å²) in [5.74, 6) is -10.3. The van der Waals surface area contributed by atoms with Crippen molar-refractivity contribution in [3.05, 3.63) is 12.7 Å². The minimum absolute atomic E-state index is 0.120. The highest BCUT2D eigenvalue weighted by atomic mass is 19.3. The Morgan fingerprint density at radius 1 is 1.30 bits per heavy atom. The van der Waals surface area contributed by atoms with Crippen LogP contribution in [0.3, 0.4) is 0 Å². The lowest BCUT2D eigenvalue weighted by Gasteiger charge is -2.29. The predicted molar refractivity (Wildman–Crippen MR) is 64.7 cm³/mol. The van der Waals surface area contributed by atoms with Gasteiger partial charge in [0, 0.05) is 6.08 Å². The molecule has 0 N–H and O–H groups in total. The fourth-order valence-electron chi connectivity index (χ4n) is 1.49. The second kappa shape index (κ2) is 8.21. The minimum Gasteiger partial charge on any atom is -0.462 e. The van der Waals surface area contributed by atoms with E-state index in [0.717, 1.165) is 6.08 Å². The molecule has 0 aromatic carbocycles. The van der Waals surface area contributed by atoms with Crippen molar-refractivity contribution in [2.45, 2.75) is 57.0 Å². The van der Waals surface area contributed by atoms with Crippen molar-refractivity contribution in [2.75, 3.05) is 6.61 Å². The highest BCUT2D eigenvalue weighted by molar-refractivity contribution is 5.81. The van der Waals surface area contributed by atoms with Gasteiger partial charge >= 0.3 is 17.8 Å². The largest absolute Gasteiger partial charge is 0.462 e. The first kappa shape index (κ1) is 18.9. The third-order valence-electron chi connectivity index (χ3n) is 2.77. The molecule has 20 heavy (non-hydrogen) atoms. The van der Waals surface area contributed by atoms with Crippen LogP contribution in [0.5, 0.6) is 0 Å². The number of alkyl halides is 5. The van der Waals surface area contributed by atoms with E-state index in [1.807, 2.05) is 0 Å².